The van der Waals surface area contributed by atoms with Crippen LogP contribution in [0.1, 0.15) is 27.0 Å². The first-order valence-electron chi connectivity index (χ1n) is 5.90. The highest BCUT2D eigenvalue weighted by molar-refractivity contribution is 6.22. The Hall–Kier alpha value is -2.73. The number of carbonyl (C=O) groups excluding carboxylic acids is 1. The van der Waals surface area contributed by atoms with Gasteiger partial charge in [-0.3, -0.25) is 9.79 Å². The number of hydrogen-bond acceptors (Lipinski definition) is 3. The second-order valence-electron chi connectivity index (χ2n) is 4.39. The van der Waals surface area contributed by atoms with Crippen molar-refractivity contribution in [2.24, 2.45) is 4.99 Å². The third kappa shape index (κ3) is 1.66. The van der Waals surface area contributed by atoms with Gasteiger partial charge in [0.1, 0.15) is 0 Å². The molecule has 0 aliphatic heterocycles. The summed E-state index contributed by atoms with van der Waals surface area (Å²) in [5, 5.41) is 8.97. The SMILES string of the molecule is C/N=C\c1ccc2c(c1)-c1cc(C#N)ccc1C2=O. The van der Waals surface area contributed by atoms with E-state index in [1.165, 1.54) is 0 Å². The fourth-order valence-corrected chi connectivity index (χ4v) is 2.39. The van der Waals surface area contributed by atoms with E-state index in [-0.39, 0.29) is 5.78 Å². The molecule has 0 fully saturated rings. The zero-order chi connectivity index (χ0) is 13.4. The molecule has 0 spiro atoms. The molecule has 3 rings (SSSR count). The van der Waals surface area contributed by atoms with Gasteiger partial charge in [0.2, 0.25) is 0 Å². The average Bonchev–Trinajstić information content (AvgIpc) is 2.72. The van der Waals surface area contributed by atoms with Crippen LogP contribution >= 0.6 is 0 Å². The zero-order valence-electron chi connectivity index (χ0n) is 10.3. The second kappa shape index (κ2) is 4.18. The third-order valence-corrected chi connectivity index (χ3v) is 3.25. The van der Waals surface area contributed by atoms with Crippen molar-refractivity contribution in [1.82, 2.24) is 0 Å². The summed E-state index contributed by atoms with van der Waals surface area (Å²) in [4.78, 5) is 16.2. The summed E-state index contributed by atoms with van der Waals surface area (Å²) in [6.45, 7) is 0. The number of carbonyl (C=O) groups is 1. The van der Waals surface area contributed by atoms with Crippen LogP contribution in [-0.4, -0.2) is 19.0 Å². The van der Waals surface area contributed by atoms with Crippen LogP contribution in [0.4, 0.5) is 0 Å². The standard InChI is InChI=1S/C16H10N2O/c1-18-9-11-3-5-13-15(7-11)14-6-10(8-17)2-4-12(14)16(13)19/h2-7,9H,1H3/b18-9-. The van der Waals surface area contributed by atoms with Gasteiger partial charge in [-0.1, -0.05) is 6.07 Å². The number of nitrogens with zero attached hydrogens (tertiary/aromatic N) is 2. The summed E-state index contributed by atoms with van der Waals surface area (Å²) in [6, 6.07) is 12.9. The van der Waals surface area contributed by atoms with E-state index in [1.807, 2.05) is 18.2 Å². The Labute approximate surface area is 110 Å². The van der Waals surface area contributed by atoms with Crippen molar-refractivity contribution < 1.29 is 4.79 Å². The number of aliphatic imine (C=N–C) groups is 1. The van der Waals surface area contributed by atoms with Gasteiger partial charge in [-0.05, 0) is 47.0 Å². The summed E-state index contributed by atoms with van der Waals surface area (Å²) in [6.07, 6.45) is 1.75. The van der Waals surface area contributed by atoms with Gasteiger partial charge in [0.25, 0.3) is 0 Å². The summed E-state index contributed by atoms with van der Waals surface area (Å²) in [5.74, 6) is 0.0227. The maximum Gasteiger partial charge on any atom is 0.194 e. The van der Waals surface area contributed by atoms with Crippen LogP contribution in [0.5, 0.6) is 0 Å². The van der Waals surface area contributed by atoms with Gasteiger partial charge in [0, 0.05) is 24.4 Å². The van der Waals surface area contributed by atoms with Crippen LogP contribution in [0.2, 0.25) is 0 Å². The van der Waals surface area contributed by atoms with Crippen molar-refractivity contribution in [2.75, 3.05) is 7.05 Å². The molecular weight excluding hydrogens is 236 g/mol. The van der Waals surface area contributed by atoms with Crippen molar-refractivity contribution >= 4 is 12.0 Å². The van der Waals surface area contributed by atoms with Gasteiger partial charge in [0.15, 0.2) is 5.78 Å². The highest BCUT2D eigenvalue weighted by Crippen LogP contribution is 2.37. The van der Waals surface area contributed by atoms with Gasteiger partial charge >= 0.3 is 0 Å². The van der Waals surface area contributed by atoms with Crippen molar-refractivity contribution in [3.63, 3.8) is 0 Å². The van der Waals surface area contributed by atoms with E-state index in [4.69, 9.17) is 5.26 Å². The largest absolute Gasteiger partial charge is 0.296 e. The highest BCUT2D eigenvalue weighted by Gasteiger charge is 2.26. The summed E-state index contributed by atoms with van der Waals surface area (Å²) >= 11 is 0. The first-order valence-corrected chi connectivity index (χ1v) is 5.90. The Morgan fingerprint density at radius 1 is 1.05 bits per heavy atom. The smallest absolute Gasteiger partial charge is 0.194 e. The van der Waals surface area contributed by atoms with E-state index in [0.29, 0.717) is 16.7 Å². The van der Waals surface area contributed by atoms with E-state index in [0.717, 1.165) is 16.7 Å². The molecule has 2 aromatic rings. The minimum absolute atomic E-state index is 0.0227. The fraction of sp³-hybridized carbons (Fsp3) is 0.0625. The van der Waals surface area contributed by atoms with Crippen LogP contribution < -0.4 is 0 Å². The molecule has 0 bridgehead atoms. The predicted octanol–water partition coefficient (Wildman–Crippen LogP) is 2.82. The average molecular weight is 246 g/mol. The number of hydrogen-bond donors (Lipinski definition) is 0. The molecule has 19 heavy (non-hydrogen) atoms. The second-order valence-corrected chi connectivity index (χ2v) is 4.39. The first-order chi connectivity index (χ1) is 9.24. The maximum absolute atomic E-state index is 12.2. The van der Waals surface area contributed by atoms with Gasteiger partial charge in [-0.15, -0.1) is 0 Å². The molecule has 0 atom stereocenters. The molecule has 3 heteroatoms. The van der Waals surface area contributed by atoms with Crippen LogP contribution in [0.3, 0.4) is 0 Å². The van der Waals surface area contributed by atoms with Gasteiger partial charge < -0.3 is 0 Å². The van der Waals surface area contributed by atoms with Crippen molar-refractivity contribution in [2.45, 2.75) is 0 Å². The lowest BCUT2D eigenvalue weighted by Gasteiger charge is -2.01. The van der Waals surface area contributed by atoms with Crippen LogP contribution in [0, 0.1) is 11.3 Å². The molecule has 2 aromatic carbocycles. The van der Waals surface area contributed by atoms with E-state index in [1.54, 1.807) is 31.5 Å². The highest BCUT2D eigenvalue weighted by atomic mass is 16.1. The lowest BCUT2D eigenvalue weighted by atomic mass is 10.0. The molecule has 0 unspecified atom stereocenters. The molecule has 0 amide bonds. The number of benzene rings is 2. The molecule has 0 saturated heterocycles. The minimum atomic E-state index is 0.0227. The number of nitriles is 1. The van der Waals surface area contributed by atoms with Crippen LogP contribution in [0.15, 0.2) is 41.4 Å². The monoisotopic (exact) mass is 246 g/mol. The van der Waals surface area contributed by atoms with Crippen molar-refractivity contribution in [3.8, 4) is 17.2 Å². The number of ketones is 1. The minimum Gasteiger partial charge on any atom is -0.296 e. The van der Waals surface area contributed by atoms with Crippen LogP contribution in [0.25, 0.3) is 11.1 Å². The van der Waals surface area contributed by atoms with Gasteiger partial charge in [0.05, 0.1) is 11.6 Å². The fourth-order valence-electron chi connectivity index (χ4n) is 2.39. The zero-order valence-corrected chi connectivity index (χ0v) is 10.3. The molecule has 0 saturated carbocycles. The van der Waals surface area contributed by atoms with E-state index in [9.17, 15) is 4.79 Å². The summed E-state index contributed by atoms with van der Waals surface area (Å²) in [5.41, 5.74) is 4.59. The Kier molecular flexibility index (Phi) is 2.50. The third-order valence-electron chi connectivity index (χ3n) is 3.25. The van der Waals surface area contributed by atoms with E-state index < -0.39 is 0 Å². The van der Waals surface area contributed by atoms with Crippen LogP contribution in [-0.2, 0) is 0 Å². The van der Waals surface area contributed by atoms with Gasteiger partial charge in [-0.25, -0.2) is 0 Å². The maximum atomic E-state index is 12.2. The topological polar surface area (TPSA) is 53.2 Å². The molecule has 3 nitrogen and oxygen atoms in total. The Morgan fingerprint density at radius 2 is 1.74 bits per heavy atom. The number of rotatable bonds is 1. The lowest BCUT2D eigenvalue weighted by molar-refractivity contribution is 0.104. The molecule has 90 valence electrons. The molecule has 0 heterocycles. The lowest BCUT2D eigenvalue weighted by Crippen LogP contribution is -1.95. The Bertz CT molecular complexity index is 767. The van der Waals surface area contributed by atoms with Crippen molar-refractivity contribution in [1.29, 1.82) is 5.26 Å². The first kappa shape index (κ1) is 11.4. The van der Waals surface area contributed by atoms with Gasteiger partial charge in [-0.2, -0.15) is 5.26 Å². The number of fused-ring (bicyclic) bond motifs is 3. The molecule has 0 radical (unpaired) electrons. The molecule has 0 N–H and O–H groups in total. The predicted molar refractivity (Wildman–Crippen MR) is 73.5 cm³/mol. The van der Waals surface area contributed by atoms with Crippen molar-refractivity contribution in [3.05, 3.63) is 58.7 Å². The Morgan fingerprint density at radius 3 is 2.42 bits per heavy atom. The molecule has 1 aliphatic carbocycles. The quantitative estimate of drug-likeness (QED) is 0.620. The molecule has 0 aromatic heterocycles. The molecular formula is C16H10N2O. The molecule has 1 aliphatic rings. The summed E-state index contributed by atoms with van der Waals surface area (Å²) < 4.78 is 0. The summed E-state index contributed by atoms with van der Waals surface area (Å²) in [7, 11) is 1.71. The van der Waals surface area contributed by atoms with E-state index in [2.05, 4.69) is 11.1 Å². The normalized spacial score (nSPS) is 12.3. The van der Waals surface area contributed by atoms with E-state index >= 15 is 0 Å². The Balaban J connectivity index is 2.27.